The van der Waals surface area contributed by atoms with Crippen LogP contribution < -0.4 is 20.1 Å². The van der Waals surface area contributed by atoms with Crippen molar-refractivity contribution in [3.05, 3.63) is 70.3 Å². The molecule has 2 heterocycles. The molecule has 0 radical (unpaired) electrons. The van der Waals surface area contributed by atoms with Crippen molar-refractivity contribution in [1.82, 2.24) is 15.3 Å². The predicted octanol–water partition coefficient (Wildman–Crippen LogP) is 4.82. The van der Waals surface area contributed by atoms with Gasteiger partial charge in [-0.1, -0.05) is 0 Å². The van der Waals surface area contributed by atoms with Crippen LogP contribution in [0, 0.1) is 12.8 Å². The number of terminal acetylenes is 1. The van der Waals surface area contributed by atoms with Crippen molar-refractivity contribution in [2.24, 2.45) is 0 Å². The fourth-order valence-corrected chi connectivity index (χ4v) is 4.40. The van der Waals surface area contributed by atoms with Gasteiger partial charge in [0.25, 0.3) is 5.91 Å². The second kappa shape index (κ2) is 13.7. The van der Waals surface area contributed by atoms with E-state index in [9.17, 15) is 9.59 Å². The molecule has 0 unspecified atom stereocenters. The summed E-state index contributed by atoms with van der Waals surface area (Å²) in [6.07, 6.45) is 12.5. The minimum atomic E-state index is -0.206. The van der Waals surface area contributed by atoms with E-state index in [4.69, 9.17) is 9.47 Å². The lowest BCUT2D eigenvalue weighted by Crippen LogP contribution is -2.24. The van der Waals surface area contributed by atoms with Gasteiger partial charge >= 0.3 is 0 Å². The van der Waals surface area contributed by atoms with Crippen LogP contribution in [-0.4, -0.2) is 42.5 Å². The molecule has 8 nitrogen and oxygen atoms in total. The van der Waals surface area contributed by atoms with Gasteiger partial charge in [0, 0.05) is 64.9 Å². The summed E-state index contributed by atoms with van der Waals surface area (Å²) in [5.41, 5.74) is 3.21. The van der Waals surface area contributed by atoms with Crippen LogP contribution in [0.25, 0.3) is 10.9 Å². The number of nitrogens with one attached hydrogen (secondary N) is 3. The Balaban J connectivity index is 0.00000186. The van der Waals surface area contributed by atoms with Crippen LogP contribution in [0.1, 0.15) is 33.9 Å². The van der Waals surface area contributed by atoms with Gasteiger partial charge in [0.15, 0.2) is 11.5 Å². The molecule has 4 aromatic rings. The number of aromatic nitrogens is 2. The maximum atomic E-state index is 12.8. The summed E-state index contributed by atoms with van der Waals surface area (Å²) < 4.78 is 10.5. The number of rotatable bonds is 11. The van der Waals surface area contributed by atoms with Crippen LogP contribution in [0.15, 0.2) is 54.0 Å². The van der Waals surface area contributed by atoms with E-state index >= 15 is 0 Å². The minimum absolute atomic E-state index is 0.0435. The number of carbonyl (C=O) groups is 2. The zero-order chi connectivity index (χ0) is 26.6. The average Bonchev–Trinajstić information content (AvgIpc) is 3.60. The Hall–Kier alpha value is -4.29. The Morgan fingerprint density at radius 2 is 1.84 bits per heavy atom. The first-order chi connectivity index (χ1) is 18.1. The molecule has 192 valence electrons. The highest BCUT2D eigenvalue weighted by Crippen LogP contribution is 2.30. The maximum Gasteiger partial charge on any atom is 0.255 e. The Bertz CT molecular complexity index is 1340. The third-order valence-corrected chi connectivity index (χ3v) is 6.41. The van der Waals surface area contributed by atoms with E-state index in [1.165, 1.54) is 0 Å². The van der Waals surface area contributed by atoms with Crippen LogP contribution in [-0.2, 0) is 17.6 Å². The molecule has 3 N–H and O–H groups in total. The largest absolute Gasteiger partial charge is 0.493 e. The Labute approximate surface area is 220 Å². The Morgan fingerprint density at radius 1 is 1.03 bits per heavy atom. The van der Waals surface area contributed by atoms with Crippen molar-refractivity contribution < 1.29 is 19.1 Å². The van der Waals surface area contributed by atoms with Crippen molar-refractivity contribution in [3.8, 4) is 24.3 Å². The molecule has 0 spiro atoms. The van der Waals surface area contributed by atoms with Gasteiger partial charge in [-0.2, -0.15) is 0 Å². The first kappa shape index (κ1) is 27.3. The Morgan fingerprint density at radius 3 is 2.57 bits per heavy atom. The molecular formula is C28H30N4O4S. The van der Waals surface area contributed by atoms with Crippen molar-refractivity contribution in [2.45, 2.75) is 25.7 Å². The molecule has 0 bridgehead atoms. The smallest absolute Gasteiger partial charge is 0.255 e. The van der Waals surface area contributed by atoms with E-state index in [-0.39, 0.29) is 11.8 Å². The van der Waals surface area contributed by atoms with Crippen LogP contribution in [0.5, 0.6) is 11.5 Å². The van der Waals surface area contributed by atoms with E-state index in [1.54, 1.807) is 56.0 Å². The molecule has 2 amide bonds. The molecule has 4 rings (SSSR count). The molecule has 9 heteroatoms. The van der Waals surface area contributed by atoms with Gasteiger partial charge in [0.1, 0.15) is 0 Å². The quantitative estimate of drug-likeness (QED) is 0.195. The number of aromatic amines is 1. The first-order valence-electron chi connectivity index (χ1n) is 11.7. The second-order valence-electron chi connectivity index (χ2n) is 8.00. The van der Waals surface area contributed by atoms with Gasteiger partial charge < -0.3 is 25.1 Å². The van der Waals surface area contributed by atoms with Gasteiger partial charge in [-0.15, -0.1) is 24.2 Å². The topological polar surface area (TPSA) is 105 Å². The van der Waals surface area contributed by atoms with Crippen LogP contribution in [0.4, 0.5) is 5.69 Å². The highest BCUT2D eigenvalue weighted by Gasteiger charge is 2.11. The number of nitrogens with zero attached hydrogens (tertiary/aromatic N) is 1. The number of ether oxygens (including phenoxy) is 2. The minimum Gasteiger partial charge on any atom is -0.493 e. The zero-order valence-corrected chi connectivity index (χ0v) is 21.7. The monoisotopic (exact) mass is 518 g/mol. The number of anilines is 1. The highest BCUT2D eigenvalue weighted by molar-refractivity contribution is 7.09. The van der Waals surface area contributed by atoms with Crippen LogP contribution in [0.2, 0.25) is 0 Å². The van der Waals surface area contributed by atoms with Gasteiger partial charge in [0.2, 0.25) is 5.91 Å². The average molecular weight is 519 g/mol. The molecule has 0 fully saturated rings. The van der Waals surface area contributed by atoms with Gasteiger partial charge in [-0.05, 0) is 49.2 Å². The summed E-state index contributed by atoms with van der Waals surface area (Å²) in [5.74, 6) is 0.984. The van der Waals surface area contributed by atoms with Crippen LogP contribution in [0.3, 0.4) is 0 Å². The van der Waals surface area contributed by atoms with Crippen molar-refractivity contribution in [3.63, 3.8) is 0 Å². The molecule has 0 saturated carbocycles. The lowest BCUT2D eigenvalue weighted by Gasteiger charge is -2.10. The SMILES string of the molecule is C#C.COc1ccc(NC(=O)c2ccc3[nH]c(CCCNC(=O)CCc4nccs4)cc3c2)cc1OC. The van der Waals surface area contributed by atoms with Gasteiger partial charge in [0.05, 0.1) is 19.2 Å². The summed E-state index contributed by atoms with van der Waals surface area (Å²) in [6, 6.07) is 12.9. The number of methoxy groups -OCH3 is 2. The Kier molecular flexibility index (Phi) is 10.1. The molecule has 0 aliphatic rings. The number of H-pyrrole nitrogens is 1. The number of fused-ring (bicyclic) bond motifs is 1. The van der Waals surface area contributed by atoms with Gasteiger partial charge in [-0.25, -0.2) is 4.98 Å². The van der Waals surface area contributed by atoms with Gasteiger partial charge in [-0.3, -0.25) is 9.59 Å². The number of benzene rings is 2. The fourth-order valence-electron chi connectivity index (χ4n) is 3.78. The molecule has 0 aliphatic heterocycles. The lowest BCUT2D eigenvalue weighted by molar-refractivity contribution is -0.121. The normalized spacial score (nSPS) is 10.3. The third kappa shape index (κ3) is 7.59. The standard InChI is InChI=1S/C26H28N4O4S.C2H2/c1-33-22-8-6-20(16-23(22)34-2)30-26(32)17-5-7-21-18(14-17)15-19(29-21)4-3-11-27-24(31)9-10-25-28-12-13-35-25;1-2/h5-8,12-16,29H,3-4,9-11H2,1-2H3,(H,27,31)(H,30,32);1-2H. The summed E-state index contributed by atoms with van der Waals surface area (Å²) >= 11 is 1.57. The number of aryl methyl sites for hydroxylation is 2. The number of amides is 2. The van der Waals surface area contributed by atoms with E-state index in [1.807, 2.05) is 23.6 Å². The van der Waals surface area contributed by atoms with E-state index in [0.717, 1.165) is 34.4 Å². The van der Waals surface area contributed by atoms with E-state index in [0.29, 0.717) is 42.1 Å². The van der Waals surface area contributed by atoms with Crippen molar-refractivity contribution in [1.29, 1.82) is 0 Å². The number of hydrogen-bond acceptors (Lipinski definition) is 6. The lowest BCUT2D eigenvalue weighted by atomic mass is 10.1. The summed E-state index contributed by atoms with van der Waals surface area (Å²) in [5, 5.41) is 9.73. The number of carbonyl (C=O) groups excluding carboxylic acids is 2. The molecule has 2 aromatic heterocycles. The first-order valence-corrected chi connectivity index (χ1v) is 12.6. The zero-order valence-electron chi connectivity index (χ0n) is 20.9. The predicted molar refractivity (Wildman–Crippen MR) is 147 cm³/mol. The second-order valence-corrected chi connectivity index (χ2v) is 8.98. The fraction of sp³-hybridized carbons (Fsp3) is 0.250. The molecule has 2 aromatic carbocycles. The van der Waals surface area contributed by atoms with E-state index < -0.39 is 0 Å². The third-order valence-electron chi connectivity index (χ3n) is 5.57. The summed E-state index contributed by atoms with van der Waals surface area (Å²) in [4.78, 5) is 32.4. The molecule has 0 atom stereocenters. The van der Waals surface area contributed by atoms with Crippen molar-refractivity contribution in [2.75, 3.05) is 26.1 Å². The molecular weight excluding hydrogens is 488 g/mol. The molecule has 0 saturated heterocycles. The van der Waals surface area contributed by atoms with Crippen LogP contribution >= 0.6 is 11.3 Å². The molecule has 0 aliphatic carbocycles. The number of hydrogen-bond donors (Lipinski definition) is 3. The maximum absolute atomic E-state index is 12.8. The van der Waals surface area contributed by atoms with E-state index in [2.05, 4.69) is 33.4 Å². The summed E-state index contributed by atoms with van der Waals surface area (Å²) in [7, 11) is 3.12. The number of thiazole rings is 1. The van der Waals surface area contributed by atoms with Crippen molar-refractivity contribution >= 4 is 39.7 Å². The summed E-state index contributed by atoms with van der Waals surface area (Å²) in [6.45, 7) is 0.616. The molecule has 37 heavy (non-hydrogen) atoms. The highest BCUT2D eigenvalue weighted by atomic mass is 32.1.